The fourth-order valence-electron chi connectivity index (χ4n) is 1.69. The molecule has 2 unspecified atom stereocenters. The molecule has 5 nitrogen and oxygen atoms in total. The highest BCUT2D eigenvalue weighted by atomic mass is 35.5. The number of amides is 1. The minimum Gasteiger partial charge on any atom is -0.374 e. The summed E-state index contributed by atoms with van der Waals surface area (Å²) >= 11 is 0. The topological polar surface area (TPSA) is 67.6 Å². The number of ether oxygens (including phenoxy) is 1. The van der Waals surface area contributed by atoms with E-state index < -0.39 is 0 Å². The molecule has 0 aliphatic carbocycles. The molecule has 0 bridgehead atoms. The predicted molar refractivity (Wildman–Crippen MR) is 70.4 cm³/mol. The summed E-state index contributed by atoms with van der Waals surface area (Å²) in [6.07, 6.45) is 1.03. The summed E-state index contributed by atoms with van der Waals surface area (Å²) in [5.74, 6) is 0.0898. The van der Waals surface area contributed by atoms with Gasteiger partial charge in [0.1, 0.15) is 0 Å². The highest BCUT2D eigenvalue weighted by Gasteiger charge is 2.21. The van der Waals surface area contributed by atoms with Gasteiger partial charge in [-0.1, -0.05) is 6.92 Å². The highest BCUT2D eigenvalue weighted by Crippen LogP contribution is 2.03. The molecular formula is C11H24ClN3O2. The van der Waals surface area contributed by atoms with Gasteiger partial charge < -0.3 is 15.8 Å². The zero-order chi connectivity index (χ0) is 12.0. The second-order valence-corrected chi connectivity index (χ2v) is 4.34. The molecule has 1 aliphatic heterocycles. The number of carbonyl (C=O) groups is 1. The van der Waals surface area contributed by atoms with Crippen LogP contribution in [0.5, 0.6) is 0 Å². The maximum Gasteiger partial charge on any atom is 0.234 e. The highest BCUT2D eigenvalue weighted by molar-refractivity contribution is 5.85. The van der Waals surface area contributed by atoms with Crippen LogP contribution in [0.1, 0.15) is 20.3 Å². The lowest BCUT2D eigenvalue weighted by molar-refractivity contribution is -0.124. The summed E-state index contributed by atoms with van der Waals surface area (Å²) in [5.41, 5.74) is 5.55. The number of nitrogens with two attached hydrogens (primary N) is 1. The Hall–Kier alpha value is -0.360. The van der Waals surface area contributed by atoms with Crippen molar-refractivity contribution in [3.63, 3.8) is 0 Å². The molecule has 17 heavy (non-hydrogen) atoms. The standard InChI is InChI=1S/C11H23N3O2.ClH/c1-3-9(2)13-11(15)8-14-4-5-16-10(6-12)7-14;/h9-10H,3-8,12H2,1-2H3,(H,13,15);1H. The lowest BCUT2D eigenvalue weighted by Crippen LogP contribution is -2.49. The molecule has 2 atom stereocenters. The Kier molecular flexibility index (Phi) is 8.51. The first-order chi connectivity index (χ1) is 7.65. The molecule has 1 heterocycles. The van der Waals surface area contributed by atoms with Crippen molar-refractivity contribution >= 4 is 18.3 Å². The third kappa shape index (κ3) is 6.21. The normalized spacial score (nSPS) is 22.6. The molecule has 102 valence electrons. The van der Waals surface area contributed by atoms with E-state index in [2.05, 4.69) is 17.1 Å². The van der Waals surface area contributed by atoms with E-state index in [0.29, 0.717) is 19.7 Å². The summed E-state index contributed by atoms with van der Waals surface area (Å²) in [6.45, 7) is 7.27. The van der Waals surface area contributed by atoms with Crippen molar-refractivity contribution in [2.24, 2.45) is 5.73 Å². The smallest absolute Gasteiger partial charge is 0.234 e. The van der Waals surface area contributed by atoms with Gasteiger partial charge in [0.25, 0.3) is 0 Å². The van der Waals surface area contributed by atoms with Crippen LogP contribution in [0.2, 0.25) is 0 Å². The molecule has 1 saturated heterocycles. The van der Waals surface area contributed by atoms with E-state index in [9.17, 15) is 4.79 Å². The Morgan fingerprint density at radius 1 is 1.65 bits per heavy atom. The van der Waals surface area contributed by atoms with Crippen molar-refractivity contribution in [3.05, 3.63) is 0 Å². The van der Waals surface area contributed by atoms with Crippen LogP contribution in [-0.4, -0.2) is 55.7 Å². The minimum atomic E-state index is 0. The first-order valence-electron chi connectivity index (χ1n) is 5.99. The van der Waals surface area contributed by atoms with Crippen LogP contribution < -0.4 is 11.1 Å². The number of halogens is 1. The van der Waals surface area contributed by atoms with E-state index in [0.717, 1.165) is 19.5 Å². The van der Waals surface area contributed by atoms with Crippen molar-refractivity contribution in [2.75, 3.05) is 32.8 Å². The van der Waals surface area contributed by atoms with Crippen LogP contribution in [0, 0.1) is 0 Å². The van der Waals surface area contributed by atoms with Gasteiger partial charge >= 0.3 is 0 Å². The molecule has 0 radical (unpaired) electrons. The molecule has 1 rings (SSSR count). The third-order valence-electron chi connectivity index (χ3n) is 2.87. The number of carbonyl (C=O) groups excluding carboxylic acids is 1. The molecule has 3 N–H and O–H groups in total. The van der Waals surface area contributed by atoms with Gasteiger partial charge in [-0.3, -0.25) is 9.69 Å². The molecule has 0 spiro atoms. The molecule has 0 aromatic heterocycles. The molecule has 1 amide bonds. The summed E-state index contributed by atoms with van der Waals surface area (Å²) < 4.78 is 5.44. The van der Waals surface area contributed by atoms with E-state index in [1.807, 2.05) is 6.92 Å². The monoisotopic (exact) mass is 265 g/mol. The fourth-order valence-corrected chi connectivity index (χ4v) is 1.69. The van der Waals surface area contributed by atoms with Gasteiger partial charge in [0.05, 0.1) is 19.3 Å². The average molecular weight is 266 g/mol. The first kappa shape index (κ1) is 16.6. The van der Waals surface area contributed by atoms with Gasteiger partial charge in [0, 0.05) is 25.7 Å². The summed E-state index contributed by atoms with van der Waals surface area (Å²) in [4.78, 5) is 13.7. The minimum absolute atomic E-state index is 0. The number of nitrogens with one attached hydrogen (secondary N) is 1. The van der Waals surface area contributed by atoms with Gasteiger partial charge in [-0.05, 0) is 13.3 Å². The Morgan fingerprint density at radius 3 is 2.94 bits per heavy atom. The van der Waals surface area contributed by atoms with Crippen LogP contribution in [0.4, 0.5) is 0 Å². The predicted octanol–water partition coefficient (Wildman–Crippen LogP) is -0.0176. The van der Waals surface area contributed by atoms with E-state index in [-0.39, 0.29) is 30.5 Å². The summed E-state index contributed by atoms with van der Waals surface area (Å²) in [5, 5.41) is 2.96. The molecule has 0 saturated carbocycles. The molecular weight excluding hydrogens is 242 g/mol. The van der Waals surface area contributed by atoms with Crippen LogP contribution in [0.15, 0.2) is 0 Å². The lowest BCUT2D eigenvalue weighted by atomic mass is 10.2. The number of nitrogens with zero attached hydrogens (tertiary/aromatic N) is 1. The maximum absolute atomic E-state index is 11.7. The van der Waals surface area contributed by atoms with Crippen molar-refractivity contribution in [2.45, 2.75) is 32.4 Å². The van der Waals surface area contributed by atoms with E-state index in [1.165, 1.54) is 0 Å². The van der Waals surface area contributed by atoms with Gasteiger partial charge in [-0.25, -0.2) is 0 Å². The number of hydrogen-bond acceptors (Lipinski definition) is 4. The number of morpholine rings is 1. The lowest BCUT2D eigenvalue weighted by Gasteiger charge is -2.31. The van der Waals surface area contributed by atoms with E-state index in [4.69, 9.17) is 10.5 Å². The van der Waals surface area contributed by atoms with Gasteiger partial charge in [-0.15, -0.1) is 12.4 Å². The van der Waals surface area contributed by atoms with Crippen LogP contribution in [0.25, 0.3) is 0 Å². The quantitative estimate of drug-likeness (QED) is 0.733. The SMILES string of the molecule is CCC(C)NC(=O)CN1CCOC(CN)C1.Cl. The fraction of sp³-hybridized carbons (Fsp3) is 0.909. The molecule has 0 aromatic rings. The first-order valence-corrected chi connectivity index (χ1v) is 5.99. The molecule has 1 fully saturated rings. The summed E-state index contributed by atoms with van der Waals surface area (Å²) in [6, 6.07) is 0.249. The van der Waals surface area contributed by atoms with Crippen molar-refractivity contribution in [1.82, 2.24) is 10.2 Å². The third-order valence-corrected chi connectivity index (χ3v) is 2.87. The van der Waals surface area contributed by atoms with Crippen LogP contribution in [-0.2, 0) is 9.53 Å². The zero-order valence-electron chi connectivity index (χ0n) is 10.6. The zero-order valence-corrected chi connectivity index (χ0v) is 11.5. The van der Waals surface area contributed by atoms with Crippen molar-refractivity contribution in [3.8, 4) is 0 Å². The van der Waals surface area contributed by atoms with E-state index >= 15 is 0 Å². The van der Waals surface area contributed by atoms with Crippen molar-refractivity contribution in [1.29, 1.82) is 0 Å². The van der Waals surface area contributed by atoms with Crippen molar-refractivity contribution < 1.29 is 9.53 Å². The largest absolute Gasteiger partial charge is 0.374 e. The van der Waals surface area contributed by atoms with Gasteiger partial charge in [0.2, 0.25) is 5.91 Å². The maximum atomic E-state index is 11.7. The average Bonchev–Trinajstić information content (AvgIpc) is 2.28. The Bertz CT molecular complexity index is 229. The molecule has 6 heteroatoms. The Morgan fingerprint density at radius 2 is 2.35 bits per heavy atom. The molecule has 0 aromatic carbocycles. The van der Waals surface area contributed by atoms with Gasteiger partial charge in [0.15, 0.2) is 0 Å². The Labute approximate surface area is 109 Å². The molecule has 1 aliphatic rings. The van der Waals surface area contributed by atoms with Gasteiger partial charge in [-0.2, -0.15) is 0 Å². The second kappa shape index (κ2) is 8.69. The number of hydrogen-bond donors (Lipinski definition) is 2. The van der Waals surface area contributed by atoms with Crippen LogP contribution in [0.3, 0.4) is 0 Å². The second-order valence-electron chi connectivity index (χ2n) is 4.34. The van der Waals surface area contributed by atoms with E-state index in [1.54, 1.807) is 0 Å². The number of rotatable bonds is 5. The summed E-state index contributed by atoms with van der Waals surface area (Å²) in [7, 11) is 0. The van der Waals surface area contributed by atoms with Crippen LogP contribution >= 0.6 is 12.4 Å². The Balaban J connectivity index is 0.00000256.